The second kappa shape index (κ2) is 5.62. The molecule has 1 aromatic carbocycles. The lowest BCUT2D eigenvalue weighted by atomic mass is 10.1. The largest absolute Gasteiger partial charge is 0.423 e. The van der Waals surface area contributed by atoms with E-state index in [2.05, 4.69) is 27.4 Å². The maximum Gasteiger partial charge on any atom is 0.286 e. The third-order valence-corrected chi connectivity index (χ3v) is 3.23. The molecule has 0 aliphatic carbocycles. The number of benzene rings is 1. The normalized spacial score (nSPS) is 10.7. The van der Waals surface area contributed by atoms with Gasteiger partial charge in [0.1, 0.15) is 6.33 Å². The van der Waals surface area contributed by atoms with Crippen LogP contribution in [0.5, 0.6) is 0 Å². The van der Waals surface area contributed by atoms with E-state index in [1.165, 1.54) is 18.0 Å². The number of hydrogen-bond acceptors (Lipinski definition) is 5. The fraction of sp³-hybridized carbons (Fsp3) is 0.133. The van der Waals surface area contributed by atoms with Crippen LogP contribution in [0.4, 0.5) is 5.69 Å². The van der Waals surface area contributed by atoms with Crippen LogP contribution in [0.3, 0.4) is 0 Å². The second-order valence-corrected chi connectivity index (χ2v) is 4.63. The van der Waals surface area contributed by atoms with E-state index in [1.807, 2.05) is 18.2 Å². The van der Waals surface area contributed by atoms with E-state index in [-0.39, 0.29) is 5.65 Å². The highest BCUT2D eigenvalue weighted by Gasteiger charge is 2.08. The van der Waals surface area contributed by atoms with Crippen LogP contribution in [0.1, 0.15) is 5.56 Å². The number of pyridine rings is 1. The van der Waals surface area contributed by atoms with Crippen LogP contribution in [0, 0.1) is 0 Å². The molecule has 0 saturated carbocycles. The van der Waals surface area contributed by atoms with Crippen LogP contribution >= 0.6 is 0 Å². The van der Waals surface area contributed by atoms with Gasteiger partial charge in [-0.1, -0.05) is 30.3 Å². The van der Waals surface area contributed by atoms with Crippen molar-refractivity contribution in [1.82, 2.24) is 14.7 Å². The number of hydrogen-bond donors (Lipinski definition) is 2. The van der Waals surface area contributed by atoms with E-state index in [9.17, 15) is 10.0 Å². The smallest absolute Gasteiger partial charge is 0.286 e. The Hall–Kier alpha value is -2.89. The van der Waals surface area contributed by atoms with Crippen molar-refractivity contribution in [1.29, 1.82) is 0 Å². The summed E-state index contributed by atoms with van der Waals surface area (Å²) in [5.74, 6) is 0. The van der Waals surface area contributed by atoms with Gasteiger partial charge in [0.25, 0.3) is 5.56 Å². The van der Waals surface area contributed by atoms with Crippen LogP contribution in [0.25, 0.3) is 11.0 Å². The summed E-state index contributed by atoms with van der Waals surface area (Å²) in [5, 5.41) is 13.5. The number of nitrogens with zero attached hydrogens (tertiary/aromatic N) is 3. The number of rotatable bonds is 4. The standard InChI is InChI=1S/C15H14N4O2/c20-14-8-13(12-9-16-10-18-15(12)19(14)21)17-7-6-11-4-2-1-3-5-11/h1-5,8-10,17,21H,6-7H2. The highest BCUT2D eigenvalue weighted by Crippen LogP contribution is 2.17. The van der Waals surface area contributed by atoms with E-state index >= 15 is 0 Å². The Balaban J connectivity index is 1.84. The zero-order valence-electron chi connectivity index (χ0n) is 11.2. The Morgan fingerprint density at radius 2 is 2.05 bits per heavy atom. The van der Waals surface area contributed by atoms with E-state index in [4.69, 9.17) is 0 Å². The maximum absolute atomic E-state index is 11.7. The quantitative estimate of drug-likeness (QED) is 0.712. The number of aromatic nitrogens is 3. The molecule has 6 nitrogen and oxygen atoms in total. The molecule has 106 valence electrons. The molecule has 0 fully saturated rings. The molecule has 0 saturated heterocycles. The molecule has 3 rings (SSSR count). The zero-order valence-corrected chi connectivity index (χ0v) is 11.2. The van der Waals surface area contributed by atoms with Gasteiger partial charge in [-0.3, -0.25) is 4.79 Å². The Morgan fingerprint density at radius 1 is 1.24 bits per heavy atom. The molecular formula is C15H14N4O2. The number of fused-ring (bicyclic) bond motifs is 1. The highest BCUT2D eigenvalue weighted by molar-refractivity contribution is 5.87. The van der Waals surface area contributed by atoms with Crippen molar-refractivity contribution < 1.29 is 5.21 Å². The fourth-order valence-electron chi connectivity index (χ4n) is 2.18. The van der Waals surface area contributed by atoms with Crippen LogP contribution in [0.15, 0.2) is 53.7 Å². The Morgan fingerprint density at radius 3 is 2.86 bits per heavy atom. The molecule has 0 aliphatic heterocycles. The summed E-state index contributed by atoms with van der Waals surface area (Å²) >= 11 is 0. The molecule has 21 heavy (non-hydrogen) atoms. The topological polar surface area (TPSA) is 80.0 Å². The van der Waals surface area contributed by atoms with Crippen molar-refractivity contribution in [3.8, 4) is 0 Å². The predicted octanol–water partition coefficient (Wildman–Crippen LogP) is 1.68. The van der Waals surface area contributed by atoms with Gasteiger partial charge in [-0.2, -0.15) is 0 Å². The minimum atomic E-state index is -0.525. The Kier molecular flexibility index (Phi) is 3.51. The third kappa shape index (κ3) is 2.69. The van der Waals surface area contributed by atoms with Gasteiger partial charge in [-0.25, -0.2) is 9.97 Å². The Labute approximate surface area is 120 Å². The molecule has 0 bridgehead atoms. The van der Waals surface area contributed by atoms with Gasteiger partial charge in [0.05, 0.1) is 11.1 Å². The third-order valence-electron chi connectivity index (χ3n) is 3.23. The summed E-state index contributed by atoms with van der Waals surface area (Å²) in [6, 6.07) is 11.4. The summed E-state index contributed by atoms with van der Waals surface area (Å²) < 4.78 is 0.527. The van der Waals surface area contributed by atoms with E-state index in [0.29, 0.717) is 22.3 Å². The highest BCUT2D eigenvalue weighted by atomic mass is 16.5. The van der Waals surface area contributed by atoms with Gasteiger partial charge in [-0.05, 0) is 12.0 Å². The summed E-state index contributed by atoms with van der Waals surface area (Å²) in [4.78, 5) is 19.6. The summed E-state index contributed by atoms with van der Waals surface area (Å²) in [6.45, 7) is 0.670. The summed E-state index contributed by atoms with van der Waals surface area (Å²) in [5.41, 5.74) is 1.50. The molecule has 0 unspecified atom stereocenters. The molecule has 0 atom stereocenters. The van der Waals surface area contributed by atoms with Gasteiger partial charge in [0, 0.05) is 18.8 Å². The van der Waals surface area contributed by atoms with Crippen molar-refractivity contribution in [3.63, 3.8) is 0 Å². The molecule has 2 N–H and O–H groups in total. The first-order valence-corrected chi connectivity index (χ1v) is 6.58. The van der Waals surface area contributed by atoms with Crippen molar-refractivity contribution >= 4 is 16.7 Å². The second-order valence-electron chi connectivity index (χ2n) is 4.63. The van der Waals surface area contributed by atoms with Crippen LogP contribution in [-0.4, -0.2) is 26.5 Å². The zero-order chi connectivity index (χ0) is 14.7. The van der Waals surface area contributed by atoms with Crippen LogP contribution in [0.2, 0.25) is 0 Å². The predicted molar refractivity (Wildman–Crippen MR) is 79.6 cm³/mol. The molecular weight excluding hydrogens is 268 g/mol. The first-order valence-electron chi connectivity index (χ1n) is 6.58. The minimum absolute atomic E-state index is 0.194. The van der Waals surface area contributed by atoms with Gasteiger partial charge < -0.3 is 10.5 Å². The molecule has 2 heterocycles. The Bertz CT molecular complexity index is 815. The van der Waals surface area contributed by atoms with Gasteiger partial charge in [-0.15, -0.1) is 4.73 Å². The lowest BCUT2D eigenvalue weighted by Gasteiger charge is -2.10. The maximum atomic E-state index is 11.7. The molecule has 0 aliphatic rings. The van der Waals surface area contributed by atoms with Crippen molar-refractivity contribution in [2.75, 3.05) is 11.9 Å². The lowest BCUT2D eigenvalue weighted by molar-refractivity contribution is 0.186. The van der Waals surface area contributed by atoms with Crippen LogP contribution < -0.4 is 10.9 Å². The van der Waals surface area contributed by atoms with Crippen molar-refractivity contribution in [2.24, 2.45) is 0 Å². The van der Waals surface area contributed by atoms with E-state index in [0.717, 1.165) is 6.42 Å². The number of nitrogens with one attached hydrogen (secondary N) is 1. The van der Waals surface area contributed by atoms with Gasteiger partial charge in [0.2, 0.25) is 0 Å². The molecule has 0 radical (unpaired) electrons. The van der Waals surface area contributed by atoms with Gasteiger partial charge >= 0.3 is 0 Å². The van der Waals surface area contributed by atoms with E-state index < -0.39 is 5.56 Å². The van der Waals surface area contributed by atoms with Gasteiger partial charge in [0.15, 0.2) is 5.65 Å². The van der Waals surface area contributed by atoms with Crippen molar-refractivity contribution in [2.45, 2.75) is 6.42 Å². The molecule has 0 amide bonds. The molecule has 0 spiro atoms. The average molecular weight is 282 g/mol. The van der Waals surface area contributed by atoms with Crippen LogP contribution in [-0.2, 0) is 6.42 Å². The lowest BCUT2D eigenvalue weighted by Crippen LogP contribution is -2.19. The molecule has 6 heteroatoms. The minimum Gasteiger partial charge on any atom is -0.423 e. The first kappa shape index (κ1) is 13.1. The molecule has 3 aromatic rings. The summed E-state index contributed by atoms with van der Waals surface area (Å²) in [7, 11) is 0. The SMILES string of the molecule is O=c1cc(NCCc2ccccc2)c2cncnc2n1O. The summed E-state index contributed by atoms with van der Waals surface area (Å²) in [6.07, 6.45) is 3.69. The fourth-order valence-corrected chi connectivity index (χ4v) is 2.18. The number of anilines is 1. The van der Waals surface area contributed by atoms with E-state index in [1.54, 1.807) is 6.20 Å². The first-order chi connectivity index (χ1) is 10.3. The van der Waals surface area contributed by atoms with Crippen molar-refractivity contribution in [3.05, 3.63) is 64.8 Å². The monoisotopic (exact) mass is 282 g/mol. The molecule has 2 aromatic heterocycles. The average Bonchev–Trinajstić information content (AvgIpc) is 2.53.